The third kappa shape index (κ3) is 3.24. The van der Waals surface area contributed by atoms with E-state index in [1.165, 1.54) is 0 Å². The SMILES string of the molecule is C[C@H](Oc1ccc(C(N)=O)cc1)C(=O)N1CCCC1. The summed E-state index contributed by atoms with van der Waals surface area (Å²) in [4.78, 5) is 24.8. The third-order valence-corrected chi connectivity index (χ3v) is 3.22. The van der Waals surface area contributed by atoms with Crippen LogP contribution in [0.3, 0.4) is 0 Å². The van der Waals surface area contributed by atoms with Gasteiger partial charge in [-0.25, -0.2) is 0 Å². The fourth-order valence-corrected chi connectivity index (χ4v) is 2.15. The number of nitrogens with two attached hydrogens (primary N) is 1. The van der Waals surface area contributed by atoms with Crippen LogP contribution in [0.25, 0.3) is 0 Å². The van der Waals surface area contributed by atoms with Crippen molar-refractivity contribution in [2.24, 2.45) is 5.73 Å². The highest BCUT2D eigenvalue weighted by Gasteiger charge is 2.24. The smallest absolute Gasteiger partial charge is 0.263 e. The molecule has 5 heteroatoms. The first-order valence-corrected chi connectivity index (χ1v) is 6.43. The molecule has 1 atom stereocenters. The Labute approximate surface area is 112 Å². The van der Waals surface area contributed by atoms with Gasteiger partial charge >= 0.3 is 0 Å². The van der Waals surface area contributed by atoms with E-state index in [4.69, 9.17) is 10.5 Å². The summed E-state index contributed by atoms with van der Waals surface area (Å²) in [5.41, 5.74) is 5.58. The van der Waals surface area contributed by atoms with Crippen molar-refractivity contribution in [1.82, 2.24) is 4.90 Å². The number of carbonyl (C=O) groups is 2. The topological polar surface area (TPSA) is 72.6 Å². The van der Waals surface area contributed by atoms with Crippen molar-refractivity contribution in [2.75, 3.05) is 13.1 Å². The van der Waals surface area contributed by atoms with E-state index in [2.05, 4.69) is 0 Å². The maximum atomic E-state index is 12.1. The number of amides is 2. The average molecular weight is 262 g/mol. The molecule has 1 aromatic carbocycles. The number of hydrogen-bond donors (Lipinski definition) is 1. The van der Waals surface area contributed by atoms with Gasteiger partial charge in [0.25, 0.3) is 5.91 Å². The number of primary amides is 1. The van der Waals surface area contributed by atoms with Crippen LogP contribution in [0, 0.1) is 0 Å². The second kappa shape index (κ2) is 5.73. The second-order valence-corrected chi connectivity index (χ2v) is 4.68. The van der Waals surface area contributed by atoms with Gasteiger partial charge in [-0.2, -0.15) is 0 Å². The Morgan fingerprint density at radius 3 is 2.32 bits per heavy atom. The molecule has 102 valence electrons. The number of benzene rings is 1. The van der Waals surface area contributed by atoms with Gasteiger partial charge in [-0.1, -0.05) is 0 Å². The summed E-state index contributed by atoms with van der Waals surface area (Å²) in [6.45, 7) is 3.36. The maximum absolute atomic E-state index is 12.1. The minimum Gasteiger partial charge on any atom is -0.481 e. The Morgan fingerprint density at radius 1 is 1.21 bits per heavy atom. The Balaban J connectivity index is 1.96. The summed E-state index contributed by atoms with van der Waals surface area (Å²) in [5.74, 6) is 0.0919. The molecule has 1 aliphatic rings. The van der Waals surface area contributed by atoms with Gasteiger partial charge < -0.3 is 15.4 Å². The fourth-order valence-electron chi connectivity index (χ4n) is 2.15. The zero-order valence-electron chi connectivity index (χ0n) is 11.0. The molecule has 0 saturated carbocycles. The maximum Gasteiger partial charge on any atom is 0.263 e. The molecule has 0 spiro atoms. The number of likely N-dealkylation sites (tertiary alicyclic amines) is 1. The van der Waals surface area contributed by atoms with Crippen molar-refractivity contribution in [3.63, 3.8) is 0 Å². The highest BCUT2D eigenvalue weighted by Crippen LogP contribution is 2.16. The first-order valence-electron chi connectivity index (χ1n) is 6.43. The molecule has 1 saturated heterocycles. The molecule has 1 fully saturated rings. The van der Waals surface area contributed by atoms with Crippen LogP contribution in [-0.2, 0) is 4.79 Å². The Morgan fingerprint density at radius 2 is 1.79 bits per heavy atom. The predicted octanol–water partition coefficient (Wildman–Crippen LogP) is 1.18. The van der Waals surface area contributed by atoms with Gasteiger partial charge in [0, 0.05) is 18.7 Å². The average Bonchev–Trinajstić information content (AvgIpc) is 2.92. The summed E-state index contributed by atoms with van der Waals surface area (Å²) in [6, 6.07) is 6.47. The van der Waals surface area contributed by atoms with E-state index < -0.39 is 12.0 Å². The Kier molecular flexibility index (Phi) is 4.04. The van der Waals surface area contributed by atoms with Crippen LogP contribution in [0.1, 0.15) is 30.1 Å². The van der Waals surface area contributed by atoms with Crippen LogP contribution >= 0.6 is 0 Å². The predicted molar refractivity (Wildman–Crippen MR) is 70.9 cm³/mol. The van der Waals surface area contributed by atoms with Gasteiger partial charge in [-0.3, -0.25) is 9.59 Å². The summed E-state index contributed by atoms with van der Waals surface area (Å²) >= 11 is 0. The largest absolute Gasteiger partial charge is 0.481 e. The Hall–Kier alpha value is -2.04. The van der Waals surface area contributed by atoms with Crippen molar-refractivity contribution in [3.8, 4) is 5.75 Å². The van der Waals surface area contributed by atoms with E-state index >= 15 is 0 Å². The molecule has 1 aliphatic heterocycles. The molecule has 1 heterocycles. The molecule has 2 rings (SSSR count). The van der Waals surface area contributed by atoms with Crippen LogP contribution in [0.5, 0.6) is 5.75 Å². The van der Waals surface area contributed by atoms with Gasteiger partial charge in [0.05, 0.1) is 0 Å². The number of ether oxygens (including phenoxy) is 1. The Bertz CT molecular complexity index is 464. The minimum atomic E-state index is -0.516. The molecular weight excluding hydrogens is 244 g/mol. The molecule has 0 aromatic heterocycles. The van der Waals surface area contributed by atoms with Crippen LogP contribution in [0.15, 0.2) is 24.3 Å². The summed E-state index contributed by atoms with van der Waals surface area (Å²) in [7, 11) is 0. The van der Waals surface area contributed by atoms with Crippen molar-refractivity contribution in [1.29, 1.82) is 0 Å². The van der Waals surface area contributed by atoms with Gasteiger partial charge in [0.1, 0.15) is 5.75 Å². The van der Waals surface area contributed by atoms with E-state index in [1.807, 2.05) is 4.90 Å². The lowest BCUT2D eigenvalue weighted by molar-refractivity contribution is -0.136. The highest BCUT2D eigenvalue weighted by atomic mass is 16.5. The first-order chi connectivity index (χ1) is 9.08. The molecule has 19 heavy (non-hydrogen) atoms. The molecule has 2 amide bonds. The molecule has 5 nitrogen and oxygen atoms in total. The van der Waals surface area contributed by atoms with Gasteiger partial charge in [-0.15, -0.1) is 0 Å². The van der Waals surface area contributed by atoms with Crippen LogP contribution in [0.2, 0.25) is 0 Å². The number of nitrogens with zero attached hydrogens (tertiary/aromatic N) is 1. The van der Waals surface area contributed by atoms with Crippen LogP contribution < -0.4 is 10.5 Å². The standard InChI is InChI=1S/C14H18N2O3/c1-10(14(18)16-8-2-3-9-16)19-12-6-4-11(5-7-12)13(15)17/h4-7,10H,2-3,8-9H2,1H3,(H2,15,17)/t10-/m0/s1. The molecular formula is C14H18N2O3. The van der Waals surface area contributed by atoms with Gasteiger partial charge in [0.2, 0.25) is 5.91 Å². The quantitative estimate of drug-likeness (QED) is 0.885. The van der Waals surface area contributed by atoms with Crippen molar-refractivity contribution >= 4 is 11.8 Å². The van der Waals surface area contributed by atoms with Crippen molar-refractivity contribution in [2.45, 2.75) is 25.9 Å². The zero-order chi connectivity index (χ0) is 13.8. The number of rotatable bonds is 4. The first kappa shape index (κ1) is 13.4. The van der Waals surface area contributed by atoms with Gasteiger partial charge in [0.15, 0.2) is 6.10 Å². The van der Waals surface area contributed by atoms with Crippen LogP contribution in [0.4, 0.5) is 0 Å². The lowest BCUT2D eigenvalue weighted by Crippen LogP contribution is -2.38. The number of carbonyl (C=O) groups excluding carboxylic acids is 2. The van der Waals surface area contributed by atoms with Crippen molar-refractivity contribution < 1.29 is 14.3 Å². The monoisotopic (exact) mass is 262 g/mol. The highest BCUT2D eigenvalue weighted by molar-refractivity contribution is 5.92. The van der Waals surface area contributed by atoms with E-state index in [1.54, 1.807) is 31.2 Å². The lowest BCUT2D eigenvalue weighted by atomic mass is 10.2. The molecule has 0 radical (unpaired) electrons. The summed E-state index contributed by atoms with van der Waals surface area (Å²) in [5, 5.41) is 0. The normalized spacial score (nSPS) is 16.2. The molecule has 0 unspecified atom stereocenters. The third-order valence-electron chi connectivity index (χ3n) is 3.22. The molecule has 2 N–H and O–H groups in total. The van der Waals surface area contributed by atoms with E-state index in [0.29, 0.717) is 11.3 Å². The minimum absolute atomic E-state index is 0.0106. The number of hydrogen-bond acceptors (Lipinski definition) is 3. The molecule has 0 aliphatic carbocycles. The van der Waals surface area contributed by atoms with E-state index in [-0.39, 0.29) is 5.91 Å². The van der Waals surface area contributed by atoms with Crippen LogP contribution in [-0.4, -0.2) is 35.9 Å². The van der Waals surface area contributed by atoms with E-state index in [0.717, 1.165) is 25.9 Å². The van der Waals surface area contributed by atoms with Crippen molar-refractivity contribution in [3.05, 3.63) is 29.8 Å². The fraction of sp³-hybridized carbons (Fsp3) is 0.429. The second-order valence-electron chi connectivity index (χ2n) is 4.68. The molecule has 1 aromatic rings. The molecule has 0 bridgehead atoms. The zero-order valence-corrected chi connectivity index (χ0v) is 11.0. The lowest BCUT2D eigenvalue weighted by Gasteiger charge is -2.21. The van der Waals surface area contributed by atoms with E-state index in [9.17, 15) is 9.59 Å². The summed E-state index contributed by atoms with van der Waals surface area (Å²) in [6.07, 6.45) is 1.61. The summed E-state index contributed by atoms with van der Waals surface area (Å²) < 4.78 is 5.58. The van der Waals surface area contributed by atoms with Gasteiger partial charge in [-0.05, 0) is 44.0 Å².